The zero-order chi connectivity index (χ0) is 14.8. The highest BCUT2D eigenvalue weighted by Crippen LogP contribution is 2.22. The minimum atomic E-state index is -3.96. The van der Waals surface area contributed by atoms with Crippen LogP contribution in [0.5, 0.6) is 0 Å². The molecule has 0 aromatic heterocycles. The molecule has 9 heteroatoms. The van der Waals surface area contributed by atoms with Gasteiger partial charge in [0, 0.05) is 11.5 Å². The van der Waals surface area contributed by atoms with Gasteiger partial charge in [-0.05, 0) is 34.1 Å². The van der Waals surface area contributed by atoms with Crippen molar-refractivity contribution in [1.29, 1.82) is 0 Å². The first-order valence-corrected chi connectivity index (χ1v) is 7.33. The molecule has 0 spiro atoms. The van der Waals surface area contributed by atoms with Gasteiger partial charge in [-0.2, -0.15) is 0 Å². The predicted molar refractivity (Wildman–Crippen MR) is 68.5 cm³/mol. The van der Waals surface area contributed by atoms with Crippen LogP contribution in [0.1, 0.15) is 10.4 Å². The summed E-state index contributed by atoms with van der Waals surface area (Å²) >= 11 is 3.06. The normalized spacial score (nSPS) is 11.7. The molecule has 0 aliphatic rings. The molecule has 5 nitrogen and oxygen atoms in total. The molecule has 19 heavy (non-hydrogen) atoms. The maximum Gasteiger partial charge on any atom is 0.255 e. The van der Waals surface area contributed by atoms with Gasteiger partial charge in [-0.3, -0.25) is 4.79 Å². The van der Waals surface area contributed by atoms with Crippen molar-refractivity contribution in [2.24, 2.45) is 5.14 Å². The summed E-state index contributed by atoms with van der Waals surface area (Å²) in [5.74, 6) is -0.724. The second-order valence-electron chi connectivity index (χ2n) is 3.76. The predicted octanol–water partition coefficient (Wildman–Crippen LogP) is 1.43. The monoisotopic (exact) mass is 356 g/mol. The highest BCUT2D eigenvalue weighted by atomic mass is 79.9. The van der Waals surface area contributed by atoms with Gasteiger partial charge in [0.25, 0.3) is 12.3 Å². The number of nitrogens with zero attached hydrogens (tertiary/aromatic N) is 1. The molecular formula is C10H11BrF2N2O3S. The number of primary sulfonamides is 1. The van der Waals surface area contributed by atoms with Gasteiger partial charge < -0.3 is 4.90 Å². The Hall–Kier alpha value is -1.06. The first-order chi connectivity index (χ1) is 8.62. The molecular weight excluding hydrogens is 346 g/mol. The molecule has 1 aromatic rings. The minimum Gasteiger partial charge on any atom is -0.336 e. The van der Waals surface area contributed by atoms with E-state index in [0.717, 1.165) is 11.0 Å². The summed E-state index contributed by atoms with van der Waals surface area (Å²) in [6.07, 6.45) is -2.67. The molecule has 0 saturated carbocycles. The van der Waals surface area contributed by atoms with Gasteiger partial charge in [0.05, 0.1) is 17.0 Å². The number of carbonyl (C=O) groups excluding carboxylic acids is 1. The van der Waals surface area contributed by atoms with Crippen LogP contribution in [0.2, 0.25) is 0 Å². The van der Waals surface area contributed by atoms with Crippen LogP contribution in [0, 0.1) is 0 Å². The van der Waals surface area contributed by atoms with Crippen molar-refractivity contribution in [3.8, 4) is 0 Å². The second-order valence-corrected chi connectivity index (χ2v) is 6.18. The van der Waals surface area contributed by atoms with E-state index in [2.05, 4.69) is 15.9 Å². The smallest absolute Gasteiger partial charge is 0.255 e. The number of carbonyl (C=O) groups is 1. The zero-order valence-electron chi connectivity index (χ0n) is 9.81. The Labute approximate surface area is 117 Å². The summed E-state index contributed by atoms with van der Waals surface area (Å²) in [6, 6.07) is 3.58. The lowest BCUT2D eigenvalue weighted by Crippen LogP contribution is -2.31. The number of hydrogen-bond acceptors (Lipinski definition) is 3. The molecule has 0 atom stereocenters. The van der Waals surface area contributed by atoms with Gasteiger partial charge in [-0.25, -0.2) is 22.3 Å². The quantitative estimate of drug-likeness (QED) is 0.885. The topological polar surface area (TPSA) is 80.5 Å². The summed E-state index contributed by atoms with van der Waals surface area (Å²) in [4.78, 5) is 12.5. The minimum absolute atomic E-state index is 0.0466. The first-order valence-electron chi connectivity index (χ1n) is 4.99. The molecule has 1 amide bonds. The Morgan fingerprint density at radius 3 is 2.53 bits per heavy atom. The Balaban J connectivity index is 3.16. The van der Waals surface area contributed by atoms with Gasteiger partial charge in [-0.15, -0.1) is 0 Å². The lowest BCUT2D eigenvalue weighted by atomic mass is 10.2. The summed E-state index contributed by atoms with van der Waals surface area (Å²) < 4.78 is 47.1. The first kappa shape index (κ1) is 16.0. The third-order valence-electron chi connectivity index (χ3n) is 2.26. The fourth-order valence-electron chi connectivity index (χ4n) is 1.34. The number of nitrogens with two attached hydrogens (primary N) is 1. The van der Waals surface area contributed by atoms with E-state index < -0.39 is 28.9 Å². The Morgan fingerprint density at radius 2 is 2.05 bits per heavy atom. The van der Waals surface area contributed by atoms with Crippen molar-refractivity contribution in [2.45, 2.75) is 11.3 Å². The molecule has 0 radical (unpaired) electrons. The van der Waals surface area contributed by atoms with Crippen molar-refractivity contribution in [2.75, 3.05) is 13.6 Å². The van der Waals surface area contributed by atoms with Gasteiger partial charge in [0.1, 0.15) is 0 Å². The maximum absolute atomic E-state index is 12.2. The number of sulfonamides is 1. The molecule has 0 unspecified atom stereocenters. The molecule has 1 aromatic carbocycles. The van der Waals surface area contributed by atoms with Crippen LogP contribution in [-0.4, -0.2) is 39.2 Å². The Bertz CT molecular complexity index is 592. The Morgan fingerprint density at radius 1 is 1.47 bits per heavy atom. The molecule has 0 saturated heterocycles. The third-order valence-corrected chi connectivity index (χ3v) is 3.86. The number of rotatable bonds is 4. The van der Waals surface area contributed by atoms with E-state index in [-0.39, 0.29) is 10.5 Å². The molecule has 0 heterocycles. The average Bonchev–Trinajstić information content (AvgIpc) is 2.26. The molecule has 0 bridgehead atoms. The van der Waals surface area contributed by atoms with Gasteiger partial charge in [0.15, 0.2) is 0 Å². The average molecular weight is 357 g/mol. The van der Waals surface area contributed by atoms with Crippen molar-refractivity contribution < 1.29 is 22.0 Å². The van der Waals surface area contributed by atoms with Crippen LogP contribution in [0.15, 0.2) is 27.6 Å². The summed E-state index contributed by atoms with van der Waals surface area (Å²) in [5, 5.41) is 4.94. The van der Waals surface area contributed by atoms with E-state index in [4.69, 9.17) is 5.14 Å². The summed E-state index contributed by atoms with van der Waals surface area (Å²) in [6.45, 7) is -0.745. The van der Waals surface area contributed by atoms with Crippen LogP contribution < -0.4 is 5.14 Å². The van der Waals surface area contributed by atoms with Gasteiger partial charge in [0.2, 0.25) is 10.0 Å². The molecule has 106 valence electrons. The third kappa shape index (κ3) is 4.22. The number of alkyl halides is 2. The number of amides is 1. The van der Waals surface area contributed by atoms with Crippen LogP contribution in [-0.2, 0) is 10.0 Å². The van der Waals surface area contributed by atoms with E-state index in [1.807, 2.05) is 0 Å². The van der Waals surface area contributed by atoms with Gasteiger partial charge >= 0.3 is 0 Å². The van der Waals surface area contributed by atoms with Crippen molar-refractivity contribution in [1.82, 2.24) is 4.90 Å². The van der Waals surface area contributed by atoms with Crippen molar-refractivity contribution in [3.05, 3.63) is 28.2 Å². The summed E-state index contributed by atoms with van der Waals surface area (Å²) in [7, 11) is -2.77. The molecule has 0 fully saturated rings. The van der Waals surface area contributed by atoms with E-state index in [0.29, 0.717) is 4.47 Å². The maximum atomic E-state index is 12.2. The van der Waals surface area contributed by atoms with Gasteiger partial charge in [-0.1, -0.05) is 0 Å². The van der Waals surface area contributed by atoms with E-state index in [1.165, 1.54) is 19.2 Å². The second kappa shape index (κ2) is 5.93. The number of hydrogen-bond donors (Lipinski definition) is 1. The molecule has 0 aliphatic heterocycles. The number of halogens is 3. The summed E-state index contributed by atoms with van der Waals surface area (Å²) in [5.41, 5.74) is -0.0466. The van der Waals surface area contributed by atoms with Crippen molar-refractivity contribution >= 4 is 31.9 Å². The van der Waals surface area contributed by atoms with Crippen LogP contribution >= 0.6 is 15.9 Å². The Kier molecular flexibility index (Phi) is 4.99. The van der Waals surface area contributed by atoms with E-state index >= 15 is 0 Å². The lowest BCUT2D eigenvalue weighted by molar-refractivity contribution is 0.0619. The van der Waals surface area contributed by atoms with Crippen LogP contribution in [0.25, 0.3) is 0 Å². The van der Waals surface area contributed by atoms with Crippen molar-refractivity contribution in [3.63, 3.8) is 0 Å². The molecule has 0 aliphatic carbocycles. The highest BCUT2D eigenvalue weighted by Gasteiger charge is 2.20. The fraction of sp³-hybridized carbons (Fsp3) is 0.300. The van der Waals surface area contributed by atoms with E-state index in [1.54, 1.807) is 0 Å². The standard InChI is InChI=1S/C10H11BrF2N2O3S/c1-15(5-9(12)13)10(16)7-4-6(19(14,17)18)2-3-8(7)11/h2-4,9H,5H2,1H3,(H2,14,17,18). The molecule has 1 rings (SSSR count). The fourth-order valence-corrected chi connectivity index (χ4v) is 2.30. The highest BCUT2D eigenvalue weighted by molar-refractivity contribution is 9.10. The zero-order valence-corrected chi connectivity index (χ0v) is 12.2. The number of benzene rings is 1. The van der Waals surface area contributed by atoms with E-state index in [9.17, 15) is 22.0 Å². The molecule has 2 N–H and O–H groups in total. The lowest BCUT2D eigenvalue weighted by Gasteiger charge is -2.17. The van der Waals surface area contributed by atoms with Crippen LogP contribution in [0.3, 0.4) is 0 Å². The largest absolute Gasteiger partial charge is 0.336 e. The SMILES string of the molecule is CN(CC(F)F)C(=O)c1cc(S(N)(=O)=O)ccc1Br. The van der Waals surface area contributed by atoms with Crippen LogP contribution in [0.4, 0.5) is 8.78 Å².